The van der Waals surface area contributed by atoms with Crippen molar-refractivity contribution in [2.24, 2.45) is 0 Å². The van der Waals surface area contributed by atoms with Gasteiger partial charge >= 0.3 is 5.97 Å². The summed E-state index contributed by atoms with van der Waals surface area (Å²) in [6, 6.07) is 0. The minimum Gasteiger partial charge on any atom is -0.481 e. The maximum absolute atomic E-state index is 12.0. The van der Waals surface area contributed by atoms with E-state index in [0.29, 0.717) is 25.7 Å². The molecule has 142 valence electrons. The summed E-state index contributed by atoms with van der Waals surface area (Å²) in [5.41, 5.74) is 1.91. The average Bonchev–Trinajstić information content (AvgIpc) is 2.88. The van der Waals surface area contributed by atoms with Crippen LogP contribution >= 0.6 is 0 Å². The van der Waals surface area contributed by atoms with Gasteiger partial charge in [-0.3, -0.25) is 9.59 Å². The molecule has 0 amide bonds. The summed E-state index contributed by atoms with van der Waals surface area (Å²) < 4.78 is 0. The van der Waals surface area contributed by atoms with Crippen LogP contribution in [0.25, 0.3) is 0 Å². The first-order chi connectivity index (χ1) is 11.9. The van der Waals surface area contributed by atoms with Gasteiger partial charge in [-0.2, -0.15) is 0 Å². The van der Waals surface area contributed by atoms with E-state index < -0.39 is 12.1 Å². The van der Waals surface area contributed by atoms with E-state index in [0.717, 1.165) is 49.7 Å². The first-order valence-electron chi connectivity index (χ1n) is 9.41. The van der Waals surface area contributed by atoms with Gasteiger partial charge in [0.05, 0.1) is 12.2 Å². The van der Waals surface area contributed by atoms with Gasteiger partial charge < -0.3 is 15.3 Å². The molecule has 0 saturated heterocycles. The molecule has 1 aliphatic carbocycles. The van der Waals surface area contributed by atoms with Crippen LogP contribution in [-0.4, -0.2) is 39.3 Å². The Bertz CT molecular complexity index is 490. The maximum atomic E-state index is 12.0. The Kier molecular flexibility index (Phi) is 10.3. The fourth-order valence-corrected chi connectivity index (χ4v) is 3.09. The number of rotatable bonds is 13. The van der Waals surface area contributed by atoms with Crippen LogP contribution in [0.4, 0.5) is 0 Å². The zero-order chi connectivity index (χ0) is 18.7. The molecule has 5 heteroatoms. The molecular formula is C20H32O5. The summed E-state index contributed by atoms with van der Waals surface area (Å²) in [4.78, 5) is 22.5. The summed E-state index contributed by atoms with van der Waals surface area (Å²) in [5, 5.41) is 27.8. The first kappa shape index (κ1) is 21.6. The molecular weight excluding hydrogens is 320 g/mol. The molecule has 3 N–H and O–H groups in total. The van der Waals surface area contributed by atoms with Gasteiger partial charge in [-0.25, -0.2) is 0 Å². The molecule has 0 aromatic rings. The van der Waals surface area contributed by atoms with Crippen molar-refractivity contribution in [3.63, 3.8) is 0 Å². The first-order valence-corrected chi connectivity index (χ1v) is 9.41. The molecule has 0 aromatic carbocycles. The van der Waals surface area contributed by atoms with Gasteiger partial charge in [0.1, 0.15) is 0 Å². The second kappa shape index (κ2) is 12.0. The molecule has 0 bridgehead atoms. The van der Waals surface area contributed by atoms with Crippen molar-refractivity contribution < 1.29 is 24.9 Å². The van der Waals surface area contributed by atoms with E-state index in [1.807, 2.05) is 6.08 Å². The second-order valence-electron chi connectivity index (χ2n) is 6.94. The van der Waals surface area contributed by atoms with E-state index in [-0.39, 0.29) is 18.3 Å². The number of aliphatic carboxylic acids is 1. The SMILES string of the molecule is CC(O)CCCC(O)C=CC1=C(CCCCCCC(=O)O)C(=O)CC1. The number of carbonyl (C=O) groups is 2. The topological polar surface area (TPSA) is 94.8 Å². The summed E-state index contributed by atoms with van der Waals surface area (Å²) in [6.07, 6.45) is 10.5. The minimum absolute atomic E-state index is 0.203. The normalized spacial score (nSPS) is 17.5. The number of allylic oxidation sites excluding steroid dienone is 3. The van der Waals surface area contributed by atoms with Gasteiger partial charge in [-0.05, 0) is 63.0 Å². The van der Waals surface area contributed by atoms with Crippen molar-refractivity contribution in [2.75, 3.05) is 0 Å². The van der Waals surface area contributed by atoms with Gasteiger partial charge in [0, 0.05) is 12.8 Å². The summed E-state index contributed by atoms with van der Waals surface area (Å²) in [7, 11) is 0. The van der Waals surface area contributed by atoms with Crippen molar-refractivity contribution in [1.29, 1.82) is 0 Å². The summed E-state index contributed by atoms with van der Waals surface area (Å²) in [5.74, 6) is -0.554. The number of aliphatic hydroxyl groups excluding tert-OH is 2. The van der Waals surface area contributed by atoms with Gasteiger partial charge in [0.25, 0.3) is 0 Å². The highest BCUT2D eigenvalue weighted by atomic mass is 16.4. The minimum atomic E-state index is -0.756. The lowest BCUT2D eigenvalue weighted by molar-refractivity contribution is -0.137. The van der Waals surface area contributed by atoms with E-state index in [1.54, 1.807) is 13.0 Å². The zero-order valence-electron chi connectivity index (χ0n) is 15.2. The van der Waals surface area contributed by atoms with Crippen LogP contribution in [-0.2, 0) is 9.59 Å². The molecule has 0 fully saturated rings. The summed E-state index contributed by atoms with van der Waals surface area (Å²) in [6.45, 7) is 1.74. The molecule has 0 aromatic heterocycles. The number of carboxylic acid groups (broad SMARTS) is 1. The smallest absolute Gasteiger partial charge is 0.303 e. The Morgan fingerprint density at radius 2 is 1.80 bits per heavy atom. The van der Waals surface area contributed by atoms with Crippen molar-refractivity contribution in [3.05, 3.63) is 23.3 Å². The lowest BCUT2D eigenvalue weighted by atomic mass is 10.0. The van der Waals surface area contributed by atoms with E-state index in [2.05, 4.69) is 0 Å². The van der Waals surface area contributed by atoms with E-state index in [4.69, 9.17) is 5.11 Å². The molecule has 5 nitrogen and oxygen atoms in total. The molecule has 2 atom stereocenters. The number of hydrogen-bond acceptors (Lipinski definition) is 4. The standard InChI is InChI=1S/C20H32O5/c1-15(21)7-6-8-17(22)13-11-16-12-14-19(23)18(16)9-4-2-3-5-10-20(24)25/h11,13,15,17,21-22H,2-10,12,14H2,1H3,(H,24,25). The molecule has 0 aliphatic heterocycles. The van der Waals surface area contributed by atoms with Crippen LogP contribution < -0.4 is 0 Å². The lowest BCUT2D eigenvalue weighted by Crippen LogP contribution is -2.05. The van der Waals surface area contributed by atoms with Crippen molar-refractivity contribution in [2.45, 2.75) is 89.8 Å². The fourth-order valence-electron chi connectivity index (χ4n) is 3.09. The highest BCUT2D eigenvalue weighted by molar-refractivity contribution is 5.99. The van der Waals surface area contributed by atoms with Crippen molar-refractivity contribution in [3.8, 4) is 0 Å². The predicted octanol–water partition coefficient (Wildman–Crippen LogP) is 3.54. The third kappa shape index (κ3) is 9.56. The van der Waals surface area contributed by atoms with E-state index in [9.17, 15) is 19.8 Å². The summed E-state index contributed by atoms with van der Waals surface area (Å²) >= 11 is 0. The van der Waals surface area contributed by atoms with Crippen LogP contribution in [0.5, 0.6) is 0 Å². The molecule has 0 saturated carbocycles. The van der Waals surface area contributed by atoms with Gasteiger partial charge in [0.2, 0.25) is 0 Å². The van der Waals surface area contributed by atoms with Crippen molar-refractivity contribution in [1.82, 2.24) is 0 Å². The van der Waals surface area contributed by atoms with E-state index in [1.165, 1.54) is 0 Å². The molecule has 2 unspecified atom stereocenters. The highest BCUT2D eigenvalue weighted by Crippen LogP contribution is 2.28. The zero-order valence-corrected chi connectivity index (χ0v) is 15.2. The van der Waals surface area contributed by atoms with E-state index >= 15 is 0 Å². The number of aliphatic hydroxyl groups is 2. The van der Waals surface area contributed by atoms with Crippen LogP contribution in [0.3, 0.4) is 0 Å². The van der Waals surface area contributed by atoms with Crippen molar-refractivity contribution >= 4 is 11.8 Å². The Hall–Kier alpha value is -1.46. The Morgan fingerprint density at radius 1 is 1.08 bits per heavy atom. The largest absolute Gasteiger partial charge is 0.481 e. The molecule has 0 heterocycles. The average molecular weight is 352 g/mol. The molecule has 0 radical (unpaired) electrons. The van der Waals surface area contributed by atoms with Crippen LogP contribution in [0.2, 0.25) is 0 Å². The molecule has 0 spiro atoms. The molecule has 1 rings (SSSR count). The number of unbranched alkanes of at least 4 members (excludes halogenated alkanes) is 3. The Labute approximate surface area is 150 Å². The third-order valence-electron chi connectivity index (χ3n) is 4.55. The van der Waals surface area contributed by atoms with Gasteiger partial charge in [0.15, 0.2) is 5.78 Å². The third-order valence-corrected chi connectivity index (χ3v) is 4.55. The van der Waals surface area contributed by atoms with Crippen LogP contribution in [0.15, 0.2) is 23.3 Å². The monoisotopic (exact) mass is 352 g/mol. The predicted molar refractivity (Wildman–Crippen MR) is 97.3 cm³/mol. The van der Waals surface area contributed by atoms with Crippen LogP contribution in [0, 0.1) is 0 Å². The van der Waals surface area contributed by atoms with Crippen LogP contribution in [0.1, 0.15) is 77.6 Å². The number of hydrogen-bond donors (Lipinski definition) is 3. The Balaban J connectivity index is 2.39. The molecule has 25 heavy (non-hydrogen) atoms. The number of carboxylic acids is 1. The number of ketones is 1. The van der Waals surface area contributed by atoms with Gasteiger partial charge in [-0.1, -0.05) is 25.0 Å². The lowest BCUT2D eigenvalue weighted by Gasteiger charge is -2.07. The highest BCUT2D eigenvalue weighted by Gasteiger charge is 2.20. The maximum Gasteiger partial charge on any atom is 0.303 e. The number of carbonyl (C=O) groups excluding carboxylic acids is 1. The molecule has 1 aliphatic rings. The van der Waals surface area contributed by atoms with Gasteiger partial charge in [-0.15, -0.1) is 0 Å². The fraction of sp³-hybridized carbons (Fsp3) is 0.700. The quantitative estimate of drug-likeness (QED) is 0.441. The Morgan fingerprint density at radius 3 is 2.48 bits per heavy atom. The number of Topliss-reactive ketones (excluding diaryl/α,β-unsaturated/α-hetero) is 1. The second-order valence-corrected chi connectivity index (χ2v) is 6.94.